The van der Waals surface area contributed by atoms with Crippen LogP contribution in [0.2, 0.25) is 0 Å². The number of amides is 1. The van der Waals surface area contributed by atoms with E-state index in [1.54, 1.807) is 18.5 Å². The zero-order chi connectivity index (χ0) is 26.6. The van der Waals surface area contributed by atoms with E-state index in [0.29, 0.717) is 29.1 Å². The fourth-order valence-electron chi connectivity index (χ4n) is 4.59. The van der Waals surface area contributed by atoms with Crippen molar-refractivity contribution in [1.82, 2.24) is 24.8 Å². The van der Waals surface area contributed by atoms with Gasteiger partial charge in [-0.15, -0.1) is 0 Å². The molecule has 1 atom stereocenters. The number of rotatable bonds is 9. The number of nitrogens with zero attached hydrogens (tertiary/aromatic N) is 5. The first-order valence-electron chi connectivity index (χ1n) is 12.6. The molecule has 1 aromatic carbocycles. The Labute approximate surface area is 233 Å². The number of H-pyrrole nitrogens is 1. The number of anilines is 2. The lowest BCUT2D eigenvalue weighted by atomic mass is 10.1. The lowest BCUT2D eigenvalue weighted by molar-refractivity contribution is -0.134. The average Bonchev–Trinajstić information content (AvgIpc) is 3.72. The third kappa shape index (κ3) is 5.74. The van der Waals surface area contributed by atoms with E-state index in [1.807, 2.05) is 42.2 Å². The molecule has 3 heterocycles. The fraction of sp³-hybridized carbons (Fsp3) is 0.333. The smallest absolute Gasteiger partial charge is 0.225 e. The number of fused-ring (bicyclic) bond motifs is 1. The maximum atomic E-state index is 12.4. The summed E-state index contributed by atoms with van der Waals surface area (Å²) in [5.74, 6) is 2.28. The molecule has 2 aromatic heterocycles. The van der Waals surface area contributed by atoms with Crippen LogP contribution < -0.4 is 5.32 Å². The predicted octanol–water partition coefficient (Wildman–Crippen LogP) is 4.99. The van der Waals surface area contributed by atoms with E-state index < -0.39 is 0 Å². The third-order valence-electron chi connectivity index (χ3n) is 6.76. The Hall–Kier alpha value is -3.28. The van der Waals surface area contributed by atoms with E-state index in [2.05, 4.69) is 49.6 Å². The summed E-state index contributed by atoms with van der Waals surface area (Å²) >= 11 is 8.82. The van der Waals surface area contributed by atoms with Gasteiger partial charge in [0.05, 0.1) is 16.4 Å². The van der Waals surface area contributed by atoms with Crippen LogP contribution in [0.4, 0.5) is 11.8 Å². The second-order valence-electron chi connectivity index (χ2n) is 9.32. The molecule has 9 nitrogen and oxygen atoms in total. The largest absolute Gasteiger partial charge is 0.427 e. The Kier molecular flexibility index (Phi) is 8.06. The molecule has 1 amide bonds. The van der Waals surface area contributed by atoms with Crippen molar-refractivity contribution in [3.8, 4) is 0 Å². The van der Waals surface area contributed by atoms with Crippen molar-refractivity contribution >= 4 is 66.2 Å². The normalized spacial score (nSPS) is 17.9. The lowest BCUT2D eigenvalue weighted by Gasteiger charge is -2.37. The minimum absolute atomic E-state index is 0.0904. The molecule has 3 aromatic rings. The zero-order valence-corrected chi connectivity index (χ0v) is 23.0. The van der Waals surface area contributed by atoms with Crippen LogP contribution in [0.5, 0.6) is 0 Å². The van der Waals surface area contributed by atoms with Crippen LogP contribution in [0, 0.1) is 5.92 Å². The molecule has 5 rings (SSSR count). The summed E-state index contributed by atoms with van der Waals surface area (Å²) in [5.41, 5.74) is 4.12. The standard InChI is InChI=1S/C27H31N7O2S2/c1-3-22(36-38)24(28-4-2)18-7-8-20-21(15-18)31-27(30-20)32-23-16-19(9-10-29-23)26(37)34-13-11-33(12-14-34)25(35)17-5-6-17/h3-4,7-10,15-17,26,37-38H,1,5-6,11-14H2,2H3,(H2,29,30,31,32)/b24-22+,28-4-. The minimum Gasteiger partial charge on any atom is -0.427 e. The highest BCUT2D eigenvalue weighted by molar-refractivity contribution is 7.80. The van der Waals surface area contributed by atoms with Gasteiger partial charge in [-0.1, -0.05) is 12.6 Å². The number of carbonyl (C=O) groups is 1. The number of aromatic nitrogens is 3. The summed E-state index contributed by atoms with van der Waals surface area (Å²) in [4.78, 5) is 33.5. The molecular formula is C27H31N7O2S2. The number of piperazine rings is 1. The maximum absolute atomic E-state index is 12.4. The highest BCUT2D eigenvalue weighted by atomic mass is 32.1. The predicted molar refractivity (Wildman–Crippen MR) is 158 cm³/mol. The molecule has 0 bridgehead atoms. The Morgan fingerprint density at radius 2 is 2.05 bits per heavy atom. The van der Waals surface area contributed by atoms with Gasteiger partial charge in [-0.3, -0.25) is 14.7 Å². The van der Waals surface area contributed by atoms with Crippen LogP contribution in [-0.2, 0) is 8.98 Å². The number of aromatic amines is 1. The quantitative estimate of drug-likeness (QED) is 0.0987. The second kappa shape index (κ2) is 11.6. The number of thiol groups is 2. The van der Waals surface area contributed by atoms with Gasteiger partial charge in [0.25, 0.3) is 0 Å². The second-order valence-corrected chi connectivity index (χ2v) is 9.99. The van der Waals surface area contributed by atoms with Gasteiger partial charge in [-0.05, 0) is 55.7 Å². The monoisotopic (exact) mass is 549 g/mol. The number of aliphatic imine (C=N–C) groups is 1. The number of benzene rings is 1. The van der Waals surface area contributed by atoms with Gasteiger partial charge in [-0.2, -0.15) is 12.6 Å². The summed E-state index contributed by atoms with van der Waals surface area (Å²) in [6, 6.07) is 9.74. The van der Waals surface area contributed by atoms with Gasteiger partial charge in [0.1, 0.15) is 11.5 Å². The Balaban J connectivity index is 1.29. The Bertz CT molecular complexity index is 1390. The molecule has 1 aliphatic heterocycles. The molecule has 0 spiro atoms. The highest BCUT2D eigenvalue weighted by Crippen LogP contribution is 2.33. The third-order valence-corrected chi connectivity index (χ3v) is 7.58. The van der Waals surface area contributed by atoms with E-state index in [0.717, 1.165) is 61.2 Å². The first-order valence-corrected chi connectivity index (χ1v) is 13.5. The molecule has 198 valence electrons. The lowest BCUT2D eigenvalue weighted by Crippen LogP contribution is -2.49. The van der Waals surface area contributed by atoms with E-state index >= 15 is 0 Å². The summed E-state index contributed by atoms with van der Waals surface area (Å²) in [6.45, 7) is 8.71. The molecule has 2 aliphatic rings. The molecule has 38 heavy (non-hydrogen) atoms. The first kappa shape index (κ1) is 26.3. The highest BCUT2D eigenvalue weighted by Gasteiger charge is 2.35. The van der Waals surface area contributed by atoms with Crippen LogP contribution in [0.1, 0.15) is 36.3 Å². The summed E-state index contributed by atoms with van der Waals surface area (Å²) in [6.07, 6.45) is 7.11. The topological polar surface area (TPSA) is 98.7 Å². The van der Waals surface area contributed by atoms with Crippen LogP contribution in [-0.4, -0.2) is 63.1 Å². The first-order chi connectivity index (χ1) is 18.5. The van der Waals surface area contributed by atoms with Crippen molar-refractivity contribution in [3.05, 3.63) is 66.1 Å². The van der Waals surface area contributed by atoms with Crippen molar-refractivity contribution in [2.24, 2.45) is 10.9 Å². The summed E-state index contributed by atoms with van der Waals surface area (Å²) in [7, 11) is 0. The molecule has 11 heteroatoms. The number of carbonyl (C=O) groups excluding carboxylic acids is 1. The fourth-order valence-corrected chi connectivity index (χ4v) is 5.14. The van der Waals surface area contributed by atoms with Gasteiger partial charge >= 0.3 is 0 Å². The molecule has 1 saturated heterocycles. The van der Waals surface area contributed by atoms with E-state index in [-0.39, 0.29) is 11.3 Å². The number of nitrogens with one attached hydrogen (secondary N) is 2. The number of pyridine rings is 1. The van der Waals surface area contributed by atoms with Crippen LogP contribution in [0.15, 0.2) is 59.9 Å². The van der Waals surface area contributed by atoms with Crippen LogP contribution in [0.25, 0.3) is 16.7 Å². The van der Waals surface area contributed by atoms with Gasteiger partial charge < -0.3 is 19.4 Å². The minimum atomic E-state index is -0.0904. The van der Waals surface area contributed by atoms with Gasteiger partial charge in [-0.25, -0.2) is 9.97 Å². The van der Waals surface area contributed by atoms with Crippen LogP contribution >= 0.6 is 25.5 Å². The van der Waals surface area contributed by atoms with Crippen molar-refractivity contribution in [3.63, 3.8) is 0 Å². The SMILES string of the molecule is C=C/C(OS)=C(\N=C/C)c1ccc2nc(Nc3cc(C(S)N4CCN(C(=O)C5CC5)CC4)ccn3)[nH]c2c1. The summed E-state index contributed by atoms with van der Waals surface area (Å²) in [5, 5.41) is 3.18. The van der Waals surface area contributed by atoms with Gasteiger partial charge in [0.15, 0.2) is 5.76 Å². The van der Waals surface area contributed by atoms with E-state index in [4.69, 9.17) is 16.8 Å². The van der Waals surface area contributed by atoms with Gasteiger partial charge in [0, 0.05) is 63.0 Å². The Morgan fingerprint density at radius 1 is 1.26 bits per heavy atom. The Morgan fingerprint density at radius 3 is 2.74 bits per heavy atom. The molecular weight excluding hydrogens is 518 g/mol. The number of allylic oxidation sites excluding steroid dienone is 1. The van der Waals surface area contributed by atoms with E-state index in [1.165, 1.54) is 0 Å². The van der Waals surface area contributed by atoms with Crippen molar-refractivity contribution < 1.29 is 8.98 Å². The van der Waals surface area contributed by atoms with Gasteiger partial charge in [0.2, 0.25) is 11.9 Å². The molecule has 1 aliphatic carbocycles. The van der Waals surface area contributed by atoms with Crippen molar-refractivity contribution in [1.29, 1.82) is 0 Å². The summed E-state index contributed by atoms with van der Waals surface area (Å²) < 4.78 is 5.14. The van der Waals surface area contributed by atoms with Crippen molar-refractivity contribution in [2.75, 3.05) is 31.5 Å². The number of imidazole rings is 1. The average molecular weight is 550 g/mol. The zero-order valence-electron chi connectivity index (χ0n) is 21.2. The number of hydrogen-bond donors (Lipinski definition) is 4. The molecule has 2 N–H and O–H groups in total. The van der Waals surface area contributed by atoms with Crippen molar-refractivity contribution in [2.45, 2.75) is 25.1 Å². The van der Waals surface area contributed by atoms with E-state index in [9.17, 15) is 4.79 Å². The molecule has 0 radical (unpaired) electrons. The molecule has 1 saturated carbocycles. The number of hydrogen-bond acceptors (Lipinski definition) is 9. The molecule has 2 fully saturated rings. The van der Waals surface area contributed by atoms with Crippen LogP contribution in [0.3, 0.4) is 0 Å². The molecule has 1 unspecified atom stereocenters. The maximum Gasteiger partial charge on any atom is 0.225 e.